The van der Waals surface area contributed by atoms with Gasteiger partial charge in [0.1, 0.15) is 0 Å². The monoisotopic (exact) mass is 679 g/mol. The van der Waals surface area contributed by atoms with Gasteiger partial charge in [-0.05, 0) is 97.9 Å². The number of hydrogen-bond donors (Lipinski definition) is 0. The zero-order valence-electron chi connectivity index (χ0n) is 28.5. The first-order chi connectivity index (χ1) is 25.8. The average molecular weight is 680 g/mol. The molecular formula is C50H33NS. The number of nitrogens with zero attached hydrogens (tertiary/aromatic N) is 1. The topological polar surface area (TPSA) is 4.93 Å². The van der Waals surface area contributed by atoms with E-state index in [-0.39, 0.29) is 5.92 Å². The predicted molar refractivity (Wildman–Crippen MR) is 224 cm³/mol. The maximum absolute atomic E-state index is 2.53. The van der Waals surface area contributed by atoms with E-state index >= 15 is 0 Å². The van der Waals surface area contributed by atoms with Crippen molar-refractivity contribution in [2.45, 2.75) is 12.3 Å². The number of fused-ring (bicyclic) bond motifs is 9. The lowest BCUT2D eigenvalue weighted by atomic mass is 9.86. The molecule has 8 aromatic carbocycles. The van der Waals surface area contributed by atoms with Crippen LogP contribution in [0.5, 0.6) is 0 Å². The molecule has 1 unspecified atom stereocenters. The van der Waals surface area contributed by atoms with Crippen LogP contribution in [-0.4, -0.2) is 4.57 Å². The summed E-state index contributed by atoms with van der Waals surface area (Å²) in [6, 6.07) is 62.7. The molecule has 0 aliphatic heterocycles. The normalized spacial score (nSPS) is 14.2. The number of aromatic nitrogens is 1. The van der Waals surface area contributed by atoms with Gasteiger partial charge in [0.2, 0.25) is 0 Å². The second-order valence-corrected chi connectivity index (χ2v) is 15.1. The van der Waals surface area contributed by atoms with Crippen LogP contribution in [0, 0.1) is 0 Å². The molecule has 52 heavy (non-hydrogen) atoms. The Bertz CT molecular complexity index is 3150. The minimum Gasteiger partial charge on any atom is -0.309 e. The van der Waals surface area contributed by atoms with E-state index in [1.54, 1.807) is 0 Å². The Hall–Kier alpha value is -6.22. The second kappa shape index (κ2) is 11.7. The van der Waals surface area contributed by atoms with Crippen LogP contribution in [0.3, 0.4) is 0 Å². The SMILES string of the molecule is C1=c2ccccc2=CC(c2cc3c(c4ccc(-c5ccccc5)cc4n3-c3ccccc3)c3sc4ccc(-c5ccc6ccccc6c5)cc4c23)C1. The highest BCUT2D eigenvalue weighted by Gasteiger charge is 2.24. The van der Waals surface area contributed by atoms with Gasteiger partial charge in [-0.25, -0.2) is 0 Å². The van der Waals surface area contributed by atoms with Crippen molar-refractivity contribution in [3.05, 3.63) is 186 Å². The molecule has 2 heteroatoms. The first-order valence-electron chi connectivity index (χ1n) is 18.1. The van der Waals surface area contributed by atoms with Gasteiger partial charge in [0.05, 0.1) is 11.0 Å². The zero-order valence-corrected chi connectivity index (χ0v) is 29.3. The maximum atomic E-state index is 2.53. The molecule has 0 spiro atoms. The van der Waals surface area contributed by atoms with Crippen LogP contribution in [0.15, 0.2) is 170 Å². The van der Waals surface area contributed by atoms with Crippen molar-refractivity contribution >= 4 is 76.2 Å². The fourth-order valence-corrected chi connectivity index (χ4v) is 9.85. The molecule has 0 amide bonds. The summed E-state index contributed by atoms with van der Waals surface area (Å²) in [6.07, 6.45) is 5.92. The van der Waals surface area contributed by atoms with Gasteiger partial charge in [-0.15, -0.1) is 11.3 Å². The quantitative estimate of drug-likeness (QED) is 0.174. The number of rotatable bonds is 4. The summed E-state index contributed by atoms with van der Waals surface area (Å²) in [4.78, 5) is 0. The van der Waals surface area contributed by atoms with E-state index in [1.165, 1.54) is 96.7 Å². The highest BCUT2D eigenvalue weighted by molar-refractivity contribution is 7.26. The summed E-state index contributed by atoms with van der Waals surface area (Å²) >= 11 is 1.95. The predicted octanol–water partition coefficient (Wildman–Crippen LogP) is 12.4. The summed E-state index contributed by atoms with van der Waals surface area (Å²) in [6.45, 7) is 0. The summed E-state index contributed by atoms with van der Waals surface area (Å²) < 4.78 is 5.21. The van der Waals surface area contributed by atoms with Crippen molar-refractivity contribution in [3.63, 3.8) is 0 Å². The molecule has 2 heterocycles. The Morgan fingerprint density at radius 2 is 1.17 bits per heavy atom. The van der Waals surface area contributed by atoms with E-state index in [9.17, 15) is 0 Å². The van der Waals surface area contributed by atoms with Crippen molar-refractivity contribution in [3.8, 4) is 27.9 Å². The highest BCUT2D eigenvalue weighted by Crippen LogP contribution is 2.48. The molecular weight excluding hydrogens is 647 g/mol. The molecule has 1 nitrogen and oxygen atoms in total. The van der Waals surface area contributed by atoms with Crippen LogP contribution < -0.4 is 10.4 Å². The lowest BCUT2D eigenvalue weighted by Crippen LogP contribution is -2.27. The first kappa shape index (κ1) is 29.5. The summed E-state index contributed by atoms with van der Waals surface area (Å²) in [5, 5.41) is 10.6. The summed E-state index contributed by atoms with van der Waals surface area (Å²) in [5.41, 5.74) is 10.1. The van der Waals surface area contributed by atoms with Crippen LogP contribution in [0.4, 0.5) is 0 Å². The summed E-state index contributed by atoms with van der Waals surface area (Å²) in [5.74, 6) is 0.256. The Balaban J connectivity index is 1.25. The molecule has 0 radical (unpaired) electrons. The second-order valence-electron chi connectivity index (χ2n) is 14.0. The molecule has 0 saturated carbocycles. The van der Waals surface area contributed by atoms with Crippen LogP contribution >= 0.6 is 11.3 Å². The maximum Gasteiger partial charge on any atom is 0.0558 e. The zero-order chi connectivity index (χ0) is 34.2. The van der Waals surface area contributed by atoms with Crippen molar-refractivity contribution in [1.82, 2.24) is 4.57 Å². The molecule has 1 atom stereocenters. The molecule has 2 aromatic heterocycles. The van der Waals surface area contributed by atoms with E-state index in [2.05, 4.69) is 187 Å². The third kappa shape index (κ3) is 4.61. The van der Waals surface area contributed by atoms with Crippen molar-refractivity contribution in [1.29, 1.82) is 0 Å². The smallest absolute Gasteiger partial charge is 0.0558 e. The van der Waals surface area contributed by atoms with E-state index < -0.39 is 0 Å². The van der Waals surface area contributed by atoms with Gasteiger partial charge < -0.3 is 4.57 Å². The van der Waals surface area contributed by atoms with Crippen molar-refractivity contribution in [2.75, 3.05) is 0 Å². The molecule has 0 saturated heterocycles. The van der Waals surface area contributed by atoms with Gasteiger partial charge in [-0.2, -0.15) is 0 Å². The van der Waals surface area contributed by atoms with E-state index in [0.29, 0.717) is 0 Å². The Morgan fingerprint density at radius 1 is 0.481 bits per heavy atom. The third-order valence-corrected chi connectivity index (χ3v) is 12.3. The van der Waals surface area contributed by atoms with Gasteiger partial charge in [0.25, 0.3) is 0 Å². The van der Waals surface area contributed by atoms with Crippen LogP contribution in [-0.2, 0) is 0 Å². The van der Waals surface area contributed by atoms with E-state index in [0.717, 1.165) is 6.42 Å². The molecule has 1 aliphatic carbocycles. The van der Waals surface area contributed by atoms with Crippen LogP contribution in [0.1, 0.15) is 17.9 Å². The molecule has 0 fully saturated rings. The molecule has 0 N–H and O–H groups in total. The first-order valence-corrected chi connectivity index (χ1v) is 18.9. The lowest BCUT2D eigenvalue weighted by molar-refractivity contribution is 0.932. The van der Waals surface area contributed by atoms with Gasteiger partial charge in [0.15, 0.2) is 0 Å². The molecule has 1 aliphatic rings. The fraction of sp³-hybridized carbons (Fsp3) is 0.0400. The average Bonchev–Trinajstić information content (AvgIpc) is 3.76. The molecule has 0 bridgehead atoms. The Morgan fingerprint density at radius 3 is 2.04 bits per heavy atom. The lowest BCUT2D eigenvalue weighted by Gasteiger charge is -2.18. The minimum absolute atomic E-state index is 0.256. The van der Waals surface area contributed by atoms with Gasteiger partial charge in [-0.3, -0.25) is 0 Å². The number of benzene rings is 8. The van der Waals surface area contributed by atoms with Crippen molar-refractivity contribution < 1.29 is 0 Å². The molecule has 10 aromatic rings. The van der Waals surface area contributed by atoms with E-state index in [4.69, 9.17) is 0 Å². The van der Waals surface area contributed by atoms with Crippen molar-refractivity contribution in [2.24, 2.45) is 0 Å². The minimum atomic E-state index is 0.256. The highest BCUT2D eigenvalue weighted by atomic mass is 32.1. The Kier molecular flexibility index (Phi) is 6.62. The van der Waals surface area contributed by atoms with Gasteiger partial charge >= 0.3 is 0 Å². The van der Waals surface area contributed by atoms with Gasteiger partial charge in [0, 0.05) is 42.6 Å². The van der Waals surface area contributed by atoms with Crippen LogP contribution in [0.25, 0.3) is 92.8 Å². The van der Waals surface area contributed by atoms with E-state index in [1.807, 2.05) is 11.3 Å². The van der Waals surface area contributed by atoms with Crippen LogP contribution in [0.2, 0.25) is 0 Å². The fourth-order valence-electron chi connectivity index (χ4n) is 8.57. The third-order valence-electron chi connectivity index (χ3n) is 11.1. The van der Waals surface area contributed by atoms with Gasteiger partial charge in [-0.1, -0.05) is 140 Å². The molecule has 244 valence electrons. The summed E-state index contributed by atoms with van der Waals surface area (Å²) in [7, 11) is 0. The number of para-hydroxylation sites is 1. The molecule has 11 rings (SSSR count). The standard InChI is InChI=1S/C50H33NS/c1-3-11-32(12-4-1)39-23-25-42-45(30-39)51(41-17-5-2-6-18-41)46-31-43(40-22-20-34-14-8-10-16-36(34)28-40)48-44-29-38(24-26-47(44)52-50(48)49(42)46)37-21-19-33-13-7-9-15-35(33)27-37/h1-21,23-31,40H,22H2. The number of thiophene rings is 1. The Labute approximate surface area is 305 Å². The largest absolute Gasteiger partial charge is 0.309 e. The number of hydrogen-bond acceptors (Lipinski definition) is 1.